The van der Waals surface area contributed by atoms with E-state index in [0.29, 0.717) is 6.04 Å². The summed E-state index contributed by atoms with van der Waals surface area (Å²) in [5.41, 5.74) is 0. The van der Waals surface area contributed by atoms with Crippen molar-refractivity contribution >= 4 is 0 Å². The van der Waals surface area contributed by atoms with E-state index in [9.17, 15) is 0 Å². The van der Waals surface area contributed by atoms with Crippen LogP contribution in [-0.2, 0) is 0 Å². The highest BCUT2D eigenvalue weighted by Gasteiger charge is 2.26. The van der Waals surface area contributed by atoms with Crippen molar-refractivity contribution in [1.29, 1.82) is 0 Å². The van der Waals surface area contributed by atoms with Crippen molar-refractivity contribution in [2.45, 2.75) is 19.9 Å². The van der Waals surface area contributed by atoms with Crippen LogP contribution in [0.15, 0.2) is 12.4 Å². The molecule has 0 unspecified atom stereocenters. The van der Waals surface area contributed by atoms with Crippen LogP contribution >= 0.6 is 0 Å². The van der Waals surface area contributed by atoms with E-state index < -0.39 is 0 Å². The molecule has 1 rings (SSSR count). The molecule has 0 bridgehead atoms. The minimum atomic E-state index is 0.677. The van der Waals surface area contributed by atoms with Crippen LogP contribution in [0.25, 0.3) is 0 Å². The second kappa shape index (κ2) is 7.15. The number of nitrogens with zero attached hydrogens (tertiary/aromatic N) is 4. The summed E-state index contributed by atoms with van der Waals surface area (Å²) < 4.78 is 1.15. The largest absolute Gasteiger partial charge is 0.378 e. The molecule has 1 aliphatic heterocycles. The monoisotopic (exact) mass is 269 g/mol. The van der Waals surface area contributed by atoms with Crippen LogP contribution < -0.4 is 0 Å². The van der Waals surface area contributed by atoms with Gasteiger partial charge in [0.2, 0.25) is 0 Å². The highest BCUT2D eigenvalue weighted by molar-refractivity contribution is 4.80. The van der Waals surface area contributed by atoms with Gasteiger partial charge in [0.05, 0.1) is 32.7 Å². The van der Waals surface area contributed by atoms with Crippen molar-refractivity contribution in [3.63, 3.8) is 0 Å². The van der Waals surface area contributed by atoms with E-state index in [0.717, 1.165) is 24.1 Å². The van der Waals surface area contributed by atoms with Crippen molar-refractivity contribution in [2.75, 3.05) is 67.5 Å². The first-order valence-electron chi connectivity index (χ1n) is 7.45. The van der Waals surface area contributed by atoms with Crippen LogP contribution in [0.4, 0.5) is 0 Å². The fourth-order valence-electron chi connectivity index (χ4n) is 2.23. The normalized spacial score (nSPS) is 28.4. The molecule has 0 N–H and O–H groups in total. The molecule has 0 saturated heterocycles. The molecule has 0 saturated carbocycles. The molecular weight excluding hydrogens is 236 g/mol. The van der Waals surface area contributed by atoms with E-state index in [2.05, 4.69) is 69.1 Å². The molecule has 0 aromatic rings. The third-order valence-electron chi connectivity index (χ3n) is 4.61. The predicted molar refractivity (Wildman–Crippen MR) is 83.0 cm³/mol. The summed E-state index contributed by atoms with van der Waals surface area (Å²) in [7, 11) is 8.96. The van der Waals surface area contributed by atoms with Gasteiger partial charge < -0.3 is 14.3 Å². The molecule has 0 spiro atoms. The second-order valence-corrected chi connectivity index (χ2v) is 6.58. The maximum atomic E-state index is 2.45. The molecule has 1 aliphatic rings. The van der Waals surface area contributed by atoms with E-state index in [-0.39, 0.29) is 0 Å². The Morgan fingerprint density at radius 2 is 1.37 bits per heavy atom. The van der Waals surface area contributed by atoms with Gasteiger partial charge in [0, 0.05) is 46.1 Å². The van der Waals surface area contributed by atoms with Gasteiger partial charge in [-0.05, 0) is 20.9 Å². The lowest BCUT2D eigenvalue weighted by molar-refractivity contribution is -0.928. The maximum Gasteiger partial charge on any atom is 0.0964 e. The van der Waals surface area contributed by atoms with Crippen LogP contribution in [0.5, 0.6) is 0 Å². The lowest BCUT2D eigenvalue weighted by atomic mass is 10.2. The van der Waals surface area contributed by atoms with Crippen LogP contribution in [0.3, 0.4) is 0 Å². The molecule has 0 amide bonds. The Bertz CT molecular complexity index is 290. The summed E-state index contributed by atoms with van der Waals surface area (Å²) in [4.78, 5) is 7.03. The van der Waals surface area contributed by atoms with Gasteiger partial charge in [-0.25, -0.2) is 0 Å². The van der Waals surface area contributed by atoms with Gasteiger partial charge in [0.1, 0.15) is 0 Å². The number of hydrogen-bond donors (Lipinski definition) is 0. The molecule has 0 fully saturated rings. The zero-order valence-corrected chi connectivity index (χ0v) is 13.8. The van der Waals surface area contributed by atoms with Gasteiger partial charge in [-0.15, -0.1) is 0 Å². The summed E-state index contributed by atoms with van der Waals surface area (Å²) in [5.74, 6) is 0. The van der Waals surface area contributed by atoms with Gasteiger partial charge >= 0.3 is 0 Å². The lowest BCUT2D eigenvalue weighted by Gasteiger charge is -2.41. The molecule has 1 atom stereocenters. The molecule has 0 aliphatic carbocycles. The third kappa shape index (κ3) is 5.41. The molecule has 4 heteroatoms. The maximum absolute atomic E-state index is 2.45. The highest BCUT2D eigenvalue weighted by Crippen LogP contribution is 2.11. The number of hydrogen-bond acceptors (Lipinski definition) is 3. The average Bonchev–Trinajstić information content (AvgIpc) is 2.36. The Balaban J connectivity index is 2.75. The second-order valence-electron chi connectivity index (χ2n) is 6.58. The van der Waals surface area contributed by atoms with E-state index >= 15 is 0 Å². The van der Waals surface area contributed by atoms with Crippen molar-refractivity contribution in [1.82, 2.24) is 14.7 Å². The van der Waals surface area contributed by atoms with E-state index in [1.807, 2.05) is 0 Å². The van der Waals surface area contributed by atoms with Gasteiger partial charge in [-0.3, -0.25) is 4.90 Å². The Hall–Kier alpha value is -0.740. The number of likely N-dealkylation sites (N-methyl/N-ethyl adjacent to an activating group) is 4. The summed E-state index contributed by atoms with van der Waals surface area (Å²) in [5, 5.41) is 0. The van der Waals surface area contributed by atoms with Crippen molar-refractivity contribution in [3.05, 3.63) is 12.4 Å². The first-order chi connectivity index (χ1) is 8.83. The first-order valence-corrected chi connectivity index (χ1v) is 7.45. The predicted octanol–water partition coefficient (Wildman–Crippen LogP) is 1.12. The first kappa shape index (κ1) is 16.3. The molecule has 0 radical (unpaired) electrons. The zero-order chi connectivity index (χ0) is 14.5. The van der Waals surface area contributed by atoms with Crippen LogP contribution in [0, 0.1) is 0 Å². The standard InChI is InChI=1S/C15H33N4/c1-15(2)19(6)13-11-17(4)9-7-16(3)8-10-18(5)12-14-19/h7,9,15H,8,10-14H2,1-6H3/q+1/t19-/m0/s1. The minimum Gasteiger partial charge on any atom is -0.378 e. The molecule has 4 nitrogen and oxygen atoms in total. The van der Waals surface area contributed by atoms with E-state index in [1.165, 1.54) is 19.6 Å². The molecule has 0 aromatic carbocycles. The molecule has 19 heavy (non-hydrogen) atoms. The lowest BCUT2D eigenvalue weighted by Crippen LogP contribution is -2.55. The van der Waals surface area contributed by atoms with Gasteiger partial charge in [0.15, 0.2) is 0 Å². The van der Waals surface area contributed by atoms with Crippen LogP contribution in [-0.4, -0.2) is 92.7 Å². The Morgan fingerprint density at radius 3 is 1.95 bits per heavy atom. The zero-order valence-electron chi connectivity index (χ0n) is 13.8. The van der Waals surface area contributed by atoms with Crippen molar-refractivity contribution in [2.24, 2.45) is 0 Å². The molecule has 1 heterocycles. The van der Waals surface area contributed by atoms with Crippen molar-refractivity contribution < 1.29 is 4.48 Å². The molecule has 0 aromatic heterocycles. The SMILES string of the molecule is CC(C)[N@@+]1(C)CCN(C)C=CN(C)CCN(C)CC1. The van der Waals surface area contributed by atoms with Crippen molar-refractivity contribution in [3.8, 4) is 0 Å². The molecular formula is C15H33N4+. The summed E-state index contributed by atoms with van der Waals surface area (Å²) in [6.07, 6.45) is 4.39. The Kier molecular flexibility index (Phi) is 6.14. The van der Waals surface area contributed by atoms with E-state index in [1.54, 1.807) is 0 Å². The summed E-state index contributed by atoms with van der Waals surface area (Å²) in [6, 6.07) is 0.677. The van der Waals surface area contributed by atoms with Gasteiger partial charge in [-0.1, -0.05) is 0 Å². The third-order valence-corrected chi connectivity index (χ3v) is 4.61. The molecule has 112 valence electrons. The van der Waals surface area contributed by atoms with Gasteiger partial charge in [-0.2, -0.15) is 0 Å². The Labute approximate surface area is 119 Å². The smallest absolute Gasteiger partial charge is 0.0964 e. The van der Waals surface area contributed by atoms with Gasteiger partial charge in [0.25, 0.3) is 0 Å². The van der Waals surface area contributed by atoms with Crippen LogP contribution in [0.1, 0.15) is 13.8 Å². The quantitative estimate of drug-likeness (QED) is 0.661. The van der Waals surface area contributed by atoms with Crippen LogP contribution in [0.2, 0.25) is 0 Å². The highest BCUT2D eigenvalue weighted by atomic mass is 15.4. The topological polar surface area (TPSA) is 9.72 Å². The summed E-state index contributed by atoms with van der Waals surface area (Å²) >= 11 is 0. The average molecular weight is 269 g/mol. The fourth-order valence-corrected chi connectivity index (χ4v) is 2.23. The number of quaternary nitrogens is 1. The summed E-state index contributed by atoms with van der Waals surface area (Å²) in [6.45, 7) is 11.6. The Morgan fingerprint density at radius 1 is 0.842 bits per heavy atom. The minimum absolute atomic E-state index is 0.677. The number of rotatable bonds is 1. The fraction of sp³-hybridized carbons (Fsp3) is 0.867. The van der Waals surface area contributed by atoms with E-state index in [4.69, 9.17) is 0 Å².